The predicted octanol–water partition coefficient (Wildman–Crippen LogP) is -0.679. The van der Waals surface area contributed by atoms with E-state index in [-0.39, 0.29) is 13.2 Å². The van der Waals surface area contributed by atoms with Crippen molar-refractivity contribution in [3.63, 3.8) is 0 Å². The zero-order valence-electron chi connectivity index (χ0n) is 8.26. The van der Waals surface area contributed by atoms with E-state index in [1.807, 2.05) is 0 Å². The highest BCUT2D eigenvalue weighted by Gasteiger charge is 1.88. The van der Waals surface area contributed by atoms with Crippen molar-refractivity contribution in [2.24, 2.45) is 0 Å². The molecule has 0 unspecified atom stereocenters. The van der Waals surface area contributed by atoms with Crippen LogP contribution in [0.4, 0.5) is 0 Å². The molecule has 0 aliphatic heterocycles. The van der Waals surface area contributed by atoms with Gasteiger partial charge in [-0.3, -0.25) is 0 Å². The first-order chi connectivity index (χ1) is 6.41. The Hall–Kier alpha value is -0.160. The molecule has 0 aromatic rings. The fourth-order valence-corrected chi connectivity index (χ4v) is 0.997. The molecule has 0 aliphatic rings. The lowest BCUT2D eigenvalue weighted by molar-refractivity contribution is 0.285. The normalized spacial score (nSPS) is 10.6. The lowest BCUT2D eigenvalue weighted by atomic mass is 10.3. The van der Waals surface area contributed by atoms with Gasteiger partial charge < -0.3 is 20.8 Å². The quantitative estimate of drug-likeness (QED) is 0.345. The van der Waals surface area contributed by atoms with E-state index in [0.29, 0.717) is 0 Å². The van der Waals surface area contributed by atoms with E-state index < -0.39 is 0 Å². The van der Waals surface area contributed by atoms with E-state index in [2.05, 4.69) is 10.6 Å². The Balaban J connectivity index is 2.76. The topological polar surface area (TPSA) is 64.5 Å². The Bertz CT molecular complexity index is 81.7. The van der Waals surface area contributed by atoms with E-state index in [9.17, 15) is 0 Å². The largest absolute Gasteiger partial charge is 0.396 e. The number of nitrogens with one attached hydrogen (secondary N) is 2. The molecule has 4 nitrogen and oxygen atoms in total. The number of aliphatic hydroxyl groups is 2. The molecule has 0 rings (SSSR count). The molecular weight excluding hydrogens is 168 g/mol. The molecule has 80 valence electrons. The average Bonchev–Trinajstić information content (AvgIpc) is 2.16. The molecular formula is C9H22N2O2. The Morgan fingerprint density at radius 2 is 1.00 bits per heavy atom. The summed E-state index contributed by atoms with van der Waals surface area (Å²) in [5.74, 6) is 0. The molecule has 0 amide bonds. The van der Waals surface area contributed by atoms with Gasteiger partial charge in [0.2, 0.25) is 0 Å². The van der Waals surface area contributed by atoms with E-state index >= 15 is 0 Å². The lowest BCUT2D eigenvalue weighted by Gasteiger charge is -2.04. The van der Waals surface area contributed by atoms with Crippen LogP contribution in [0.5, 0.6) is 0 Å². The molecule has 0 aliphatic carbocycles. The first kappa shape index (κ1) is 12.8. The Labute approximate surface area is 80.3 Å². The summed E-state index contributed by atoms with van der Waals surface area (Å²) < 4.78 is 0. The minimum atomic E-state index is 0.266. The molecule has 0 aromatic heterocycles. The summed E-state index contributed by atoms with van der Waals surface area (Å²) >= 11 is 0. The Morgan fingerprint density at radius 1 is 0.615 bits per heavy atom. The summed E-state index contributed by atoms with van der Waals surface area (Å²) in [6.45, 7) is 4.31. The van der Waals surface area contributed by atoms with Crippen LogP contribution in [0.3, 0.4) is 0 Å². The number of hydrogen-bond acceptors (Lipinski definition) is 4. The molecule has 0 saturated heterocycles. The van der Waals surface area contributed by atoms with Gasteiger partial charge >= 0.3 is 0 Å². The summed E-state index contributed by atoms with van der Waals surface area (Å²) in [6.07, 6.45) is 2.76. The van der Waals surface area contributed by atoms with Crippen LogP contribution in [-0.2, 0) is 0 Å². The Morgan fingerprint density at radius 3 is 1.38 bits per heavy atom. The van der Waals surface area contributed by atoms with Gasteiger partial charge in [-0.2, -0.15) is 0 Å². The van der Waals surface area contributed by atoms with E-state index in [1.165, 1.54) is 0 Å². The maximum absolute atomic E-state index is 8.49. The van der Waals surface area contributed by atoms with Gasteiger partial charge in [0, 0.05) is 13.2 Å². The van der Waals surface area contributed by atoms with Gasteiger partial charge in [0.05, 0.1) is 0 Å². The van der Waals surface area contributed by atoms with E-state index in [0.717, 1.165) is 45.4 Å². The van der Waals surface area contributed by atoms with Crippen LogP contribution in [-0.4, -0.2) is 49.6 Å². The van der Waals surface area contributed by atoms with Gasteiger partial charge in [-0.25, -0.2) is 0 Å². The maximum atomic E-state index is 8.49. The van der Waals surface area contributed by atoms with Crippen molar-refractivity contribution in [3.8, 4) is 0 Å². The highest BCUT2D eigenvalue weighted by Crippen LogP contribution is 1.77. The molecule has 4 heteroatoms. The van der Waals surface area contributed by atoms with Crippen LogP contribution in [0.15, 0.2) is 0 Å². The van der Waals surface area contributed by atoms with Crippen molar-refractivity contribution in [2.45, 2.75) is 19.3 Å². The second kappa shape index (κ2) is 11.8. The third-order valence-electron chi connectivity index (χ3n) is 1.73. The third kappa shape index (κ3) is 11.8. The summed E-state index contributed by atoms with van der Waals surface area (Å²) in [7, 11) is 0. The highest BCUT2D eigenvalue weighted by molar-refractivity contribution is 4.51. The fourth-order valence-electron chi connectivity index (χ4n) is 0.997. The smallest absolute Gasteiger partial charge is 0.0443 e. The van der Waals surface area contributed by atoms with Crippen LogP contribution in [0.2, 0.25) is 0 Å². The summed E-state index contributed by atoms with van der Waals surface area (Å²) in [4.78, 5) is 0. The van der Waals surface area contributed by atoms with E-state index in [4.69, 9.17) is 10.2 Å². The van der Waals surface area contributed by atoms with Crippen LogP contribution >= 0.6 is 0 Å². The first-order valence-corrected chi connectivity index (χ1v) is 5.05. The highest BCUT2D eigenvalue weighted by atomic mass is 16.3. The van der Waals surface area contributed by atoms with Crippen LogP contribution < -0.4 is 10.6 Å². The monoisotopic (exact) mass is 190 g/mol. The van der Waals surface area contributed by atoms with Crippen LogP contribution in [0.1, 0.15) is 19.3 Å². The van der Waals surface area contributed by atoms with Crippen molar-refractivity contribution in [1.82, 2.24) is 10.6 Å². The zero-order valence-corrected chi connectivity index (χ0v) is 8.26. The standard InChI is InChI=1S/C9H22N2O2/c12-8-2-6-10-4-1-5-11-7-3-9-13/h10-13H,1-9H2. The molecule has 0 aromatic carbocycles. The van der Waals surface area contributed by atoms with Gasteiger partial charge in [-0.05, 0) is 45.4 Å². The molecule has 0 bridgehead atoms. The van der Waals surface area contributed by atoms with Crippen molar-refractivity contribution >= 4 is 0 Å². The second-order valence-electron chi connectivity index (χ2n) is 3.01. The molecule has 0 heterocycles. The molecule has 0 atom stereocenters. The average molecular weight is 190 g/mol. The van der Waals surface area contributed by atoms with Gasteiger partial charge in [0.1, 0.15) is 0 Å². The lowest BCUT2D eigenvalue weighted by Crippen LogP contribution is -2.24. The predicted molar refractivity (Wildman–Crippen MR) is 53.8 cm³/mol. The Kier molecular flexibility index (Phi) is 11.7. The van der Waals surface area contributed by atoms with Gasteiger partial charge in [-0.1, -0.05) is 0 Å². The summed E-state index contributed by atoms with van der Waals surface area (Å²) in [6, 6.07) is 0. The fraction of sp³-hybridized carbons (Fsp3) is 1.00. The minimum Gasteiger partial charge on any atom is -0.396 e. The molecule has 4 N–H and O–H groups in total. The van der Waals surface area contributed by atoms with Crippen molar-refractivity contribution in [1.29, 1.82) is 0 Å². The van der Waals surface area contributed by atoms with E-state index in [1.54, 1.807) is 0 Å². The first-order valence-electron chi connectivity index (χ1n) is 5.05. The van der Waals surface area contributed by atoms with Gasteiger partial charge in [-0.15, -0.1) is 0 Å². The number of hydrogen-bond donors (Lipinski definition) is 4. The number of aliphatic hydroxyl groups excluding tert-OH is 2. The minimum absolute atomic E-state index is 0.266. The molecule has 13 heavy (non-hydrogen) atoms. The van der Waals surface area contributed by atoms with Crippen molar-refractivity contribution in [3.05, 3.63) is 0 Å². The molecule has 0 saturated carbocycles. The van der Waals surface area contributed by atoms with Crippen LogP contribution in [0, 0.1) is 0 Å². The second-order valence-corrected chi connectivity index (χ2v) is 3.01. The van der Waals surface area contributed by atoms with Crippen molar-refractivity contribution in [2.75, 3.05) is 39.4 Å². The van der Waals surface area contributed by atoms with Gasteiger partial charge in [0.15, 0.2) is 0 Å². The van der Waals surface area contributed by atoms with Gasteiger partial charge in [0.25, 0.3) is 0 Å². The van der Waals surface area contributed by atoms with Crippen molar-refractivity contribution < 1.29 is 10.2 Å². The summed E-state index contributed by atoms with van der Waals surface area (Å²) in [5.41, 5.74) is 0. The third-order valence-corrected chi connectivity index (χ3v) is 1.73. The molecule has 0 radical (unpaired) electrons. The maximum Gasteiger partial charge on any atom is 0.0443 e. The molecule has 0 spiro atoms. The molecule has 0 fully saturated rings. The SMILES string of the molecule is OCCCNCCCNCCCO. The zero-order chi connectivity index (χ0) is 9.78. The van der Waals surface area contributed by atoms with Crippen LogP contribution in [0.25, 0.3) is 0 Å². The summed E-state index contributed by atoms with van der Waals surface area (Å²) in [5, 5.41) is 23.4. The number of rotatable bonds is 10.